The van der Waals surface area contributed by atoms with E-state index in [0.717, 1.165) is 0 Å². The molecule has 0 aliphatic carbocycles. The topological polar surface area (TPSA) is 269 Å². The number of carboxylic acids is 2. The van der Waals surface area contributed by atoms with Crippen molar-refractivity contribution in [3.63, 3.8) is 0 Å². The average molecular weight is 527 g/mol. The van der Waals surface area contributed by atoms with E-state index in [2.05, 4.69) is 25.9 Å². The lowest BCUT2D eigenvalue weighted by molar-refractivity contribution is -0.143. The third kappa shape index (κ3) is 12.3. The summed E-state index contributed by atoms with van der Waals surface area (Å²) in [5.74, 6) is -5.07. The fourth-order valence-corrected chi connectivity index (χ4v) is 3.42. The van der Waals surface area contributed by atoms with Crippen LogP contribution >= 0.6 is 0 Å². The summed E-state index contributed by atoms with van der Waals surface area (Å²) >= 11 is 0. The highest BCUT2D eigenvalue weighted by Gasteiger charge is 2.31. The number of hydrogen-bond donors (Lipinski definition) is 9. The molecule has 37 heavy (non-hydrogen) atoms. The lowest BCUT2D eigenvalue weighted by Crippen LogP contribution is -2.57. The number of nitrogens with two attached hydrogens (primary N) is 3. The van der Waals surface area contributed by atoms with E-state index in [4.69, 9.17) is 17.2 Å². The van der Waals surface area contributed by atoms with Crippen LogP contribution in [0.2, 0.25) is 0 Å². The standard InChI is InChI=1S/C22H38N8O7/c23-7-3-1-5-14(25)19(33)29-16(10-18(31)32)21(35)28-15(6-2-4-8-24)20(34)30-17(22(36)37)9-13-11-26-12-27-13/h11-12,14-17H,1-10,23-25H2,(H,26,27)(H,28,35)(H,29,33)(H,30,34)(H,31,32)(H,36,37). The molecule has 3 amide bonds. The number of carbonyl (C=O) groups is 5. The number of aliphatic carboxylic acids is 2. The molecule has 15 nitrogen and oxygen atoms in total. The number of hydrogen-bond acceptors (Lipinski definition) is 9. The van der Waals surface area contributed by atoms with Crippen molar-refractivity contribution in [2.75, 3.05) is 13.1 Å². The lowest BCUT2D eigenvalue weighted by atomic mass is 10.0. The summed E-state index contributed by atoms with van der Waals surface area (Å²) in [5, 5.41) is 25.9. The van der Waals surface area contributed by atoms with Gasteiger partial charge in [0.2, 0.25) is 17.7 Å². The molecule has 0 aliphatic rings. The van der Waals surface area contributed by atoms with Crippen LogP contribution in [-0.4, -0.2) is 87.1 Å². The molecule has 0 saturated heterocycles. The van der Waals surface area contributed by atoms with Gasteiger partial charge in [0.05, 0.1) is 18.8 Å². The number of carbonyl (C=O) groups excluding carboxylic acids is 3. The number of aromatic nitrogens is 2. The smallest absolute Gasteiger partial charge is 0.326 e. The molecule has 0 spiro atoms. The molecule has 1 aromatic heterocycles. The molecule has 1 rings (SSSR count). The number of aromatic amines is 1. The van der Waals surface area contributed by atoms with E-state index in [9.17, 15) is 34.2 Å². The molecule has 12 N–H and O–H groups in total. The second-order valence-corrected chi connectivity index (χ2v) is 8.58. The van der Waals surface area contributed by atoms with Crippen LogP contribution in [-0.2, 0) is 30.4 Å². The van der Waals surface area contributed by atoms with E-state index in [0.29, 0.717) is 50.9 Å². The Labute approximate surface area is 214 Å². The number of nitrogens with one attached hydrogen (secondary N) is 4. The van der Waals surface area contributed by atoms with Crippen molar-refractivity contribution in [3.05, 3.63) is 18.2 Å². The first-order chi connectivity index (χ1) is 17.6. The van der Waals surface area contributed by atoms with Crippen molar-refractivity contribution < 1.29 is 34.2 Å². The second-order valence-electron chi connectivity index (χ2n) is 8.58. The number of unbranched alkanes of at least 4 members (excludes halogenated alkanes) is 2. The minimum atomic E-state index is -1.50. The summed E-state index contributed by atoms with van der Waals surface area (Å²) in [5.41, 5.74) is 17.2. The van der Waals surface area contributed by atoms with Gasteiger partial charge < -0.3 is 48.3 Å². The summed E-state index contributed by atoms with van der Waals surface area (Å²) in [7, 11) is 0. The van der Waals surface area contributed by atoms with Gasteiger partial charge in [-0.2, -0.15) is 0 Å². The SMILES string of the molecule is NCCCCC(N)C(=O)NC(CC(=O)O)C(=O)NC(CCCCN)C(=O)NC(Cc1cnc[nH]1)C(=O)O. The molecule has 0 aromatic carbocycles. The summed E-state index contributed by atoms with van der Waals surface area (Å²) in [6, 6.07) is -4.99. The molecule has 0 aliphatic heterocycles. The van der Waals surface area contributed by atoms with Crippen molar-refractivity contribution in [1.82, 2.24) is 25.9 Å². The van der Waals surface area contributed by atoms with Crippen molar-refractivity contribution in [3.8, 4) is 0 Å². The van der Waals surface area contributed by atoms with Gasteiger partial charge in [-0.15, -0.1) is 0 Å². The molecule has 0 saturated carbocycles. The van der Waals surface area contributed by atoms with Gasteiger partial charge in [0.15, 0.2) is 0 Å². The Morgan fingerprint density at radius 3 is 1.95 bits per heavy atom. The third-order valence-electron chi connectivity index (χ3n) is 5.49. The van der Waals surface area contributed by atoms with Crippen molar-refractivity contribution in [2.24, 2.45) is 17.2 Å². The molecule has 4 unspecified atom stereocenters. The average Bonchev–Trinajstić information content (AvgIpc) is 3.35. The Morgan fingerprint density at radius 2 is 1.41 bits per heavy atom. The Morgan fingerprint density at radius 1 is 0.838 bits per heavy atom. The van der Waals surface area contributed by atoms with Gasteiger partial charge in [-0.05, 0) is 45.2 Å². The van der Waals surface area contributed by atoms with Crippen molar-refractivity contribution in [2.45, 2.75) is 75.5 Å². The highest BCUT2D eigenvalue weighted by molar-refractivity contribution is 5.95. The molecule has 1 heterocycles. The minimum absolute atomic E-state index is 0.0791. The Balaban J connectivity index is 2.95. The summed E-state index contributed by atoms with van der Waals surface area (Å²) in [6.45, 7) is 0.760. The first-order valence-electron chi connectivity index (χ1n) is 12.1. The van der Waals surface area contributed by atoms with E-state index in [1.54, 1.807) is 0 Å². The van der Waals surface area contributed by atoms with Crippen LogP contribution in [0.25, 0.3) is 0 Å². The molecule has 15 heteroatoms. The minimum Gasteiger partial charge on any atom is -0.481 e. The number of amides is 3. The van der Waals surface area contributed by atoms with E-state index < -0.39 is 60.2 Å². The van der Waals surface area contributed by atoms with Gasteiger partial charge in [0.1, 0.15) is 18.1 Å². The molecular weight excluding hydrogens is 488 g/mol. The monoisotopic (exact) mass is 526 g/mol. The predicted octanol–water partition coefficient (Wildman–Crippen LogP) is -2.45. The van der Waals surface area contributed by atoms with Crippen LogP contribution in [0.4, 0.5) is 0 Å². The quantitative estimate of drug-likeness (QED) is 0.0853. The zero-order valence-corrected chi connectivity index (χ0v) is 20.7. The fourth-order valence-electron chi connectivity index (χ4n) is 3.42. The second kappa shape index (κ2) is 17.0. The number of carboxylic acid groups (broad SMARTS) is 2. The Kier molecular flexibility index (Phi) is 14.5. The van der Waals surface area contributed by atoms with Gasteiger partial charge in [-0.1, -0.05) is 6.42 Å². The normalized spacial score (nSPS) is 14.1. The summed E-state index contributed by atoms with van der Waals surface area (Å²) in [4.78, 5) is 67.9. The molecule has 0 bridgehead atoms. The highest BCUT2D eigenvalue weighted by Crippen LogP contribution is 2.06. The third-order valence-corrected chi connectivity index (χ3v) is 5.49. The van der Waals surface area contributed by atoms with Crippen molar-refractivity contribution in [1.29, 1.82) is 0 Å². The van der Waals surface area contributed by atoms with Crippen molar-refractivity contribution >= 4 is 29.7 Å². The highest BCUT2D eigenvalue weighted by atomic mass is 16.4. The summed E-state index contributed by atoms with van der Waals surface area (Å²) < 4.78 is 0. The maximum Gasteiger partial charge on any atom is 0.326 e. The van der Waals surface area contributed by atoms with Gasteiger partial charge >= 0.3 is 11.9 Å². The molecule has 208 valence electrons. The van der Waals surface area contributed by atoms with E-state index in [-0.39, 0.29) is 12.8 Å². The van der Waals surface area contributed by atoms with Crippen LogP contribution in [0.15, 0.2) is 12.5 Å². The maximum absolute atomic E-state index is 13.0. The van der Waals surface area contributed by atoms with E-state index >= 15 is 0 Å². The molecule has 0 fully saturated rings. The van der Waals surface area contributed by atoms with E-state index in [1.165, 1.54) is 12.5 Å². The molecule has 1 aromatic rings. The lowest BCUT2D eigenvalue weighted by Gasteiger charge is -2.24. The maximum atomic E-state index is 13.0. The van der Waals surface area contributed by atoms with Gasteiger partial charge in [-0.3, -0.25) is 19.2 Å². The summed E-state index contributed by atoms with van der Waals surface area (Å²) in [6.07, 6.45) is 4.55. The first kappa shape index (κ1) is 31.5. The van der Waals surface area contributed by atoms with Gasteiger partial charge in [0.25, 0.3) is 0 Å². The van der Waals surface area contributed by atoms with Crippen LogP contribution in [0.3, 0.4) is 0 Å². The zero-order chi connectivity index (χ0) is 27.8. The largest absolute Gasteiger partial charge is 0.481 e. The van der Waals surface area contributed by atoms with Gasteiger partial charge in [0, 0.05) is 18.3 Å². The Bertz CT molecular complexity index is 880. The fraction of sp³-hybridized carbons (Fsp3) is 0.636. The Hall–Kier alpha value is -3.56. The first-order valence-corrected chi connectivity index (χ1v) is 12.1. The number of imidazole rings is 1. The molecular formula is C22H38N8O7. The molecule has 4 atom stereocenters. The number of rotatable bonds is 19. The van der Waals surface area contributed by atoms with Gasteiger partial charge in [-0.25, -0.2) is 9.78 Å². The zero-order valence-electron chi connectivity index (χ0n) is 20.7. The van der Waals surface area contributed by atoms with Crippen LogP contribution in [0, 0.1) is 0 Å². The number of nitrogens with zero attached hydrogens (tertiary/aromatic N) is 1. The number of H-pyrrole nitrogens is 1. The molecule has 0 radical (unpaired) electrons. The predicted molar refractivity (Wildman–Crippen MR) is 132 cm³/mol. The van der Waals surface area contributed by atoms with E-state index in [1.807, 2.05) is 0 Å². The van der Waals surface area contributed by atoms with Crippen LogP contribution < -0.4 is 33.2 Å². The van der Waals surface area contributed by atoms with Crippen LogP contribution in [0.1, 0.15) is 50.6 Å². The van der Waals surface area contributed by atoms with Crippen LogP contribution in [0.5, 0.6) is 0 Å².